The summed E-state index contributed by atoms with van der Waals surface area (Å²) < 4.78 is 2.04. The second kappa shape index (κ2) is 8.79. The lowest BCUT2D eigenvalue weighted by Gasteiger charge is -2.36. The van der Waals surface area contributed by atoms with Crippen LogP contribution in [0.1, 0.15) is 54.7 Å². The molecule has 0 aliphatic carbocycles. The third kappa shape index (κ3) is 4.59. The average Bonchev–Trinajstić information content (AvgIpc) is 3.10. The Hall–Kier alpha value is -2.43. The number of hydrogen-bond acceptors (Lipinski definition) is 3. The molecule has 138 valence electrons. The number of ketones is 1. The molecule has 1 fully saturated rings. The summed E-state index contributed by atoms with van der Waals surface area (Å²) in [5.74, 6) is 1.21. The van der Waals surface area contributed by atoms with Crippen molar-refractivity contribution in [2.24, 2.45) is 7.05 Å². The van der Waals surface area contributed by atoms with Crippen LogP contribution in [0.3, 0.4) is 0 Å². The average molecular weight is 353 g/mol. The van der Waals surface area contributed by atoms with E-state index in [-0.39, 0.29) is 24.2 Å². The zero-order valence-corrected chi connectivity index (χ0v) is 15.4. The van der Waals surface area contributed by atoms with Gasteiger partial charge in [-0.2, -0.15) is 0 Å². The van der Waals surface area contributed by atoms with Gasteiger partial charge in [-0.15, -0.1) is 0 Å². The second-order valence-electron chi connectivity index (χ2n) is 7.02. The molecule has 2 aromatic rings. The summed E-state index contributed by atoms with van der Waals surface area (Å²) in [6.45, 7) is 0.809. The number of benzene rings is 1. The van der Waals surface area contributed by atoms with Crippen molar-refractivity contribution in [3.05, 3.63) is 54.1 Å². The van der Waals surface area contributed by atoms with E-state index in [2.05, 4.69) is 4.98 Å². The van der Waals surface area contributed by atoms with Gasteiger partial charge in [-0.3, -0.25) is 9.59 Å². The predicted molar refractivity (Wildman–Crippen MR) is 101 cm³/mol. The van der Waals surface area contributed by atoms with Crippen molar-refractivity contribution in [2.45, 2.75) is 51.0 Å². The van der Waals surface area contributed by atoms with E-state index in [0.29, 0.717) is 12.0 Å². The molecule has 1 aliphatic heterocycles. The summed E-state index contributed by atoms with van der Waals surface area (Å²) in [6.07, 6.45) is 9.42. The van der Waals surface area contributed by atoms with E-state index >= 15 is 0 Å². The SMILES string of the molecule is Cn1ccnc1CCC1CCCCN1C(=O)CCC(=O)c1ccccc1. The van der Waals surface area contributed by atoms with Gasteiger partial charge in [0.1, 0.15) is 5.82 Å². The van der Waals surface area contributed by atoms with E-state index in [1.165, 1.54) is 0 Å². The highest BCUT2D eigenvalue weighted by atomic mass is 16.2. The maximum atomic E-state index is 12.7. The normalized spacial score (nSPS) is 17.3. The lowest BCUT2D eigenvalue weighted by atomic mass is 9.96. The Morgan fingerprint density at radius 2 is 1.96 bits per heavy atom. The zero-order chi connectivity index (χ0) is 18.4. The largest absolute Gasteiger partial charge is 0.340 e. The number of amides is 1. The van der Waals surface area contributed by atoms with Crippen molar-refractivity contribution < 1.29 is 9.59 Å². The van der Waals surface area contributed by atoms with Gasteiger partial charge in [0.25, 0.3) is 0 Å². The maximum Gasteiger partial charge on any atom is 0.223 e. The molecular formula is C21H27N3O2. The van der Waals surface area contributed by atoms with Crippen LogP contribution in [0.2, 0.25) is 0 Å². The molecule has 1 atom stereocenters. The van der Waals surface area contributed by atoms with E-state index in [1.807, 2.05) is 59.2 Å². The Balaban J connectivity index is 1.54. The monoisotopic (exact) mass is 353 g/mol. The van der Waals surface area contributed by atoms with Crippen molar-refractivity contribution in [3.63, 3.8) is 0 Å². The van der Waals surface area contributed by atoms with Gasteiger partial charge in [0.15, 0.2) is 5.78 Å². The first-order valence-corrected chi connectivity index (χ1v) is 9.49. The first-order chi connectivity index (χ1) is 12.6. The molecule has 0 radical (unpaired) electrons. The van der Waals surface area contributed by atoms with Crippen molar-refractivity contribution in [1.82, 2.24) is 14.5 Å². The Bertz CT molecular complexity index is 739. The van der Waals surface area contributed by atoms with Crippen LogP contribution in [0.4, 0.5) is 0 Å². The number of carbonyl (C=O) groups is 2. The molecule has 0 saturated carbocycles. The van der Waals surface area contributed by atoms with E-state index in [4.69, 9.17) is 0 Å². The number of nitrogens with zero attached hydrogens (tertiary/aromatic N) is 3. The number of aryl methyl sites for hydroxylation is 2. The van der Waals surface area contributed by atoms with Gasteiger partial charge < -0.3 is 9.47 Å². The van der Waals surface area contributed by atoms with Crippen molar-refractivity contribution in [1.29, 1.82) is 0 Å². The highest BCUT2D eigenvalue weighted by Crippen LogP contribution is 2.22. The van der Waals surface area contributed by atoms with Crippen molar-refractivity contribution in [2.75, 3.05) is 6.54 Å². The van der Waals surface area contributed by atoms with Crippen LogP contribution in [0, 0.1) is 0 Å². The molecule has 1 unspecified atom stereocenters. The molecule has 1 aromatic carbocycles. The van der Waals surface area contributed by atoms with Crippen LogP contribution < -0.4 is 0 Å². The molecule has 26 heavy (non-hydrogen) atoms. The molecular weight excluding hydrogens is 326 g/mol. The molecule has 5 heteroatoms. The predicted octanol–water partition coefficient (Wildman–Crippen LogP) is 3.40. The Morgan fingerprint density at radius 3 is 2.69 bits per heavy atom. The molecule has 5 nitrogen and oxygen atoms in total. The molecule has 0 N–H and O–H groups in total. The molecule has 0 bridgehead atoms. The van der Waals surface area contributed by atoms with Crippen LogP contribution in [0.25, 0.3) is 0 Å². The lowest BCUT2D eigenvalue weighted by molar-refractivity contribution is -0.135. The Labute approximate surface area is 155 Å². The molecule has 3 rings (SSSR count). The van der Waals surface area contributed by atoms with Crippen molar-refractivity contribution in [3.8, 4) is 0 Å². The number of imidazole rings is 1. The Kier molecular flexibility index (Phi) is 6.21. The number of hydrogen-bond donors (Lipinski definition) is 0. The highest BCUT2D eigenvalue weighted by molar-refractivity contribution is 5.97. The van der Waals surface area contributed by atoms with E-state index in [1.54, 1.807) is 0 Å². The second-order valence-corrected chi connectivity index (χ2v) is 7.02. The molecule has 1 aliphatic rings. The van der Waals surface area contributed by atoms with Crippen molar-refractivity contribution >= 4 is 11.7 Å². The topological polar surface area (TPSA) is 55.2 Å². The summed E-state index contributed by atoms with van der Waals surface area (Å²) >= 11 is 0. The van der Waals surface area contributed by atoms with Crippen LogP contribution in [-0.4, -0.2) is 38.7 Å². The van der Waals surface area contributed by atoms with Crippen LogP contribution in [0.5, 0.6) is 0 Å². The van der Waals surface area contributed by atoms with Gasteiger partial charge in [0.2, 0.25) is 5.91 Å². The quantitative estimate of drug-likeness (QED) is 0.717. The van der Waals surface area contributed by atoms with Gasteiger partial charge in [-0.25, -0.2) is 4.98 Å². The Morgan fingerprint density at radius 1 is 1.15 bits per heavy atom. The molecule has 2 heterocycles. The standard InChI is InChI=1S/C21H27N3O2/c1-23-16-14-22-20(23)12-10-18-9-5-6-15-24(18)21(26)13-11-19(25)17-7-3-2-4-8-17/h2-4,7-8,14,16,18H,5-6,9-13,15H2,1H3. The third-order valence-electron chi connectivity index (χ3n) is 5.23. The highest BCUT2D eigenvalue weighted by Gasteiger charge is 2.26. The minimum absolute atomic E-state index is 0.0421. The molecule has 1 amide bonds. The van der Waals surface area contributed by atoms with Crippen LogP contribution in [-0.2, 0) is 18.3 Å². The maximum absolute atomic E-state index is 12.7. The van der Waals surface area contributed by atoms with Crippen LogP contribution >= 0.6 is 0 Å². The number of rotatable bonds is 7. The minimum atomic E-state index is 0.0421. The smallest absolute Gasteiger partial charge is 0.223 e. The lowest BCUT2D eigenvalue weighted by Crippen LogP contribution is -2.44. The van der Waals surface area contributed by atoms with Crippen LogP contribution in [0.15, 0.2) is 42.7 Å². The number of aromatic nitrogens is 2. The number of Topliss-reactive ketones (excluding diaryl/α,β-unsaturated/α-hetero) is 1. The number of piperidine rings is 1. The first kappa shape index (κ1) is 18.4. The number of likely N-dealkylation sites (tertiary alicyclic amines) is 1. The summed E-state index contributed by atoms with van der Waals surface area (Å²) in [7, 11) is 2.00. The summed E-state index contributed by atoms with van der Waals surface area (Å²) in [4.78, 5) is 31.4. The molecule has 1 aromatic heterocycles. The van der Waals surface area contributed by atoms with E-state index in [0.717, 1.165) is 44.5 Å². The summed E-state index contributed by atoms with van der Waals surface area (Å²) in [5, 5.41) is 0. The van der Waals surface area contributed by atoms with Gasteiger partial charge in [-0.1, -0.05) is 30.3 Å². The fourth-order valence-electron chi connectivity index (χ4n) is 3.69. The molecule has 0 spiro atoms. The van der Waals surface area contributed by atoms with Gasteiger partial charge in [0, 0.05) is 56.9 Å². The zero-order valence-electron chi connectivity index (χ0n) is 15.4. The third-order valence-corrected chi connectivity index (χ3v) is 5.23. The summed E-state index contributed by atoms with van der Waals surface area (Å²) in [6, 6.07) is 9.48. The fraction of sp³-hybridized carbons (Fsp3) is 0.476. The summed E-state index contributed by atoms with van der Waals surface area (Å²) in [5.41, 5.74) is 0.685. The first-order valence-electron chi connectivity index (χ1n) is 9.49. The van der Waals surface area contributed by atoms with E-state index in [9.17, 15) is 9.59 Å². The van der Waals surface area contributed by atoms with Gasteiger partial charge >= 0.3 is 0 Å². The van der Waals surface area contributed by atoms with E-state index < -0.39 is 0 Å². The minimum Gasteiger partial charge on any atom is -0.340 e. The van der Waals surface area contributed by atoms with Gasteiger partial charge in [-0.05, 0) is 25.7 Å². The molecule has 1 saturated heterocycles. The fourth-order valence-corrected chi connectivity index (χ4v) is 3.69. The number of carbonyl (C=O) groups excluding carboxylic acids is 2. The van der Waals surface area contributed by atoms with Gasteiger partial charge in [0.05, 0.1) is 0 Å².